The van der Waals surface area contributed by atoms with Crippen molar-refractivity contribution in [2.45, 2.75) is 52.4 Å². The van der Waals surface area contributed by atoms with Crippen LogP contribution in [0.1, 0.15) is 55.7 Å². The van der Waals surface area contributed by atoms with Gasteiger partial charge in [-0.15, -0.1) is 0 Å². The number of rotatable bonds is 0. The van der Waals surface area contributed by atoms with Crippen molar-refractivity contribution in [2.24, 2.45) is 0 Å². The second-order valence-corrected chi connectivity index (χ2v) is 5.65. The molecule has 0 amide bonds. The quantitative estimate of drug-likeness (QED) is 0.634. The van der Waals surface area contributed by atoms with Gasteiger partial charge in [-0.3, -0.25) is 0 Å². The predicted molar refractivity (Wildman–Crippen MR) is 59.4 cm³/mol. The fraction of sp³-hybridized carbons (Fsp3) is 0.667. The molecule has 0 spiro atoms. The van der Waals surface area contributed by atoms with Crippen LogP contribution in [0.2, 0.25) is 0 Å². The van der Waals surface area contributed by atoms with E-state index in [9.17, 15) is 0 Å². The van der Waals surface area contributed by atoms with E-state index in [0.717, 1.165) is 0 Å². The summed E-state index contributed by atoms with van der Waals surface area (Å²) in [5.41, 5.74) is 0.697. The van der Waals surface area contributed by atoms with E-state index in [4.69, 9.17) is 2.74 Å². The Morgan fingerprint density at radius 1 is 0.857 bits per heavy atom. The largest absolute Gasteiger partial charge is 0.155 e. The van der Waals surface area contributed by atoms with E-state index < -0.39 is 0 Å². The molecule has 78 valence electrons. The Balaban J connectivity index is 3.41. The molecule has 0 fully saturated rings. The molecule has 0 radical (unpaired) electrons. The Morgan fingerprint density at radius 2 is 1.14 bits per heavy atom. The molecule has 0 atom stereocenters. The van der Waals surface area contributed by atoms with E-state index in [2.05, 4.69) is 10.2 Å². The lowest BCUT2D eigenvalue weighted by Gasteiger charge is -2.20. The highest BCUT2D eigenvalue weighted by Gasteiger charge is 2.19. The number of hydrogen-bond acceptors (Lipinski definition) is 2. The van der Waals surface area contributed by atoms with Crippen LogP contribution in [-0.2, 0) is 10.8 Å². The summed E-state index contributed by atoms with van der Waals surface area (Å²) in [6, 6.07) is 0.403. The summed E-state index contributed by atoms with van der Waals surface area (Å²) in [5, 5.41) is 8.24. The minimum absolute atomic E-state index is 0.201. The molecule has 0 aromatic carbocycles. The number of aromatic nitrogens is 2. The lowest BCUT2D eigenvalue weighted by molar-refractivity contribution is 0.527. The third-order valence-corrected chi connectivity index (χ3v) is 1.97. The van der Waals surface area contributed by atoms with Crippen LogP contribution in [0.3, 0.4) is 0 Å². The second kappa shape index (κ2) is 3.34. The minimum atomic E-state index is -0.240. The maximum Gasteiger partial charge on any atom is 0.0684 e. The van der Waals surface area contributed by atoms with E-state index in [0.29, 0.717) is 11.4 Å². The molecule has 2 heteroatoms. The van der Waals surface area contributed by atoms with Gasteiger partial charge in [-0.1, -0.05) is 41.5 Å². The van der Waals surface area contributed by atoms with Gasteiger partial charge in [0.1, 0.15) is 0 Å². The van der Waals surface area contributed by atoms with Gasteiger partial charge in [-0.05, 0) is 12.1 Å². The summed E-state index contributed by atoms with van der Waals surface area (Å²) < 4.78 is 16.0. The van der Waals surface area contributed by atoms with Crippen LogP contribution in [0.5, 0.6) is 0 Å². The standard InChI is InChI=1S/C12H20N2/c1-11(2,3)9-7-8-10(14-13-9)12(4,5)6/h7-8H,1-6H3/i7D,8D. The molecular weight excluding hydrogens is 172 g/mol. The van der Waals surface area contributed by atoms with Crippen molar-refractivity contribution < 1.29 is 2.74 Å². The fourth-order valence-electron chi connectivity index (χ4n) is 0.943. The lowest BCUT2D eigenvalue weighted by Crippen LogP contribution is -2.18. The van der Waals surface area contributed by atoms with Crippen LogP contribution >= 0.6 is 0 Å². The van der Waals surface area contributed by atoms with Crippen molar-refractivity contribution >= 4 is 0 Å². The van der Waals surface area contributed by atoms with Crippen molar-refractivity contribution in [3.63, 3.8) is 0 Å². The van der Waals surface area contributed by atoms with Gasteiger partial charge < -0.3 is 0 Å². The van der Waals surface area contributed by atoms with Crippen molar-refractivity contribution in [1.29, 1.82) is 0 Å². The Bertz CT molecular complexity index is 362. The first-order chi connectivity index (χ1) is 7.05. The van der Waals surface area contributed by atoms with Crippen molar-refractivity contribution in [3.8, 4) is 0 Å². The van der Waals surface area contributed by atoms with Crippen molar-refractivity contribution in [2.75, 3.05) is 0 Å². The molecule has 0 unspecified atom stereocenters. The zero-order valence-electron chi connectivity index (χ0n) is 11.9. The number of hydrogen-bond donors (Lipinski definition) is 0. The molecule has 0 aliphatic carbocycles. The molecule has 14 heavy (non-hydrogen) atoms. The first-order valence-electron chi connectivity index (χ1n) is 5.90. The smallest absolute Gasteiger partial charge is 0.0684 e. The van der Waals surface area contributed by atoms with Gasteiger partial charge in [-0.25, -0.2) is 0 Å². The van der Waals surface area contributed by atoms with Gasteiger partial charge in [-0.2, -0.15) is 10.2 Å². The highest BCUT2D eigenvalue weighted by molar-refractivity contribution is 5.18. The second-order valence-electron chi connectivity index (χ2n) is 5.65. The van der Waals surface area contributed by atoms with E-state index in [1.165, 1.54) is 0 Å². The van der Waals surface area contributed by atoms with Gasteiger partial charge in [0.15, 0.2) is 0 Å². The van der Waals surface area contributed by atoms with Crippen LogP contribution in [0.15, 0.2) is 12.1 Å². The number of nitrogens with zero attached hydrogens (tertiary/aromatic N) is 2. The van der Waals surface area contributed by atoms with Gasteiger partial charge in [0.2, 0.25) is 0 Å². The van der Waals surface area contributed by atoms with Crippen LogP contribution in [0.4, 0.5) is 0 Å². The van der Waals surface area contributed by atoms with E-state index in [-0.39, 0.29) is 22.9 Å². The SMILES string of the molecule is [2H]c1c(C(C)(C)C)nnc(C(C)(C)C)c1[2H]. The average molecular weight is 194 g/mol. The molecular formula is C12H20N2. The Kier molecular flexibility index (Phi) is 2.00. The third-order valence-electron chi connectivity index (χ3n) is 1.97. The fourth-order valence-corrected chi connectivity index (χ4v) is 0.943. The van der Waals surface area contributed by atoms with E-state index in [1.54, 1.807) is 0 Å². The van der Waals surface area contributed by atoms with Crippen molar-refractivity contribution in [3.05, 3.63) is 23.5 Å². The van der Waals surface area contributed by atoms with Crippen LogP contribution < -0.4 is 0 Å². The molecule has 0 aliphatic rings. The minimum Gasteiger partial charge on any atom is -0.155 e. The molecule has 1 aromatic rings. The maximum atomic E-state index is 7.98. The summed E-state index contributed by atoms with van der Waals surface area (Å²) in [6.45, 7) is 11.9. The zero-order chi connectivity index (χ0) is 12.7. The van der Waals surface area contributed by atoms with E-state index >= 15 is 0 Å². The summed E-state index contributed by atoms with van der Waals surface area (Å²) in [5.74, 6) is 0. The lowest BCUT2D eigenvalue weighted by atomic mass is 9.89. The molecule has 2 nitrogen and oxygen atoms in total. The highest BCUT2D eigenvalue weighted by atomic mass is 15.1. The highest BCUT2D eigenvalue weighted by Crippen LogP contribution is 2.23. The molecule has 0 aliphatic heterocycles. The van der Waals surface area contributed by atoms with Crippen LogP contribution in [-0.4, -0.2) is 10.2 Å². The third kappa shape index (κ3) is 2.53. The topological polar surface area (TPSA) is 25.8 Å². The molecule has 0 saturated heterocycles. The Morgan fingerprint density at radius 3 is 1.36 bits per heavy atom. The molecule has 1 aromatic heterocycles. The van der Waals surface area contributed by atoms with Gasteiger partial charge in [0.05, 0.1) is 14.1 Å². The van der Waals surface area contributed by atoms with Crippen molar-refractivity contribution in [1.82, 2.24) is 10.2 Å². The summed E-state index contributed by atoms with van der Waals surface area (Å²) >= 11 is 0. The first-order valence-corrected chi connectivity index (χ1v) is 4.90. The van der Waals surface area contributed by atoms with Gasteiger partial charge in [0.25, 0.3) is 0 Å². The Labute approximate surface area is 89.6 Å². The maximum absolute atomic E-state index is 7.98. The van der Waals surface area contributed by atoms with Gasteiger partial charge in [0, 0.05) is 10.8 Å². The first kappa shape index (κ1) is 8.39. The summed E-state index contributed by atoms with van der Waals surface area (Å²) in [4.78, 5) is 0. The molecule has 0 saturated carbocycles. The normalized spacial score (nSPS) is 15.0. The van der Waals surface area contributed by atoms with Crippen LogP contribution in [0, 0.1) is 0 Å². The average Bonchev–Trinajstić information content (AvgIpc) is 2.05. The zero-order valence-corrected chi connectivity index (χ0v) is 9.89. The molecule has 1 rings (SSSR count). The summed E-state index contributed by atoms with van der Waals surface area (Å²) in [7, 11) is 0. The monoisotopic (exact) mass is 194 g/mol. The van der Waals surface area contributed by atoms with Gasteiger partial charge >= 0.3 is 0 Å². The van der Waals surface area contributed by atoms with Crippen LogP contribution in [0.25, 0.3) is 0 Å². The molecule has 1 heterocycles. The summed E-state index contributed by atoms with van der Waals surface area (Å²) in [6.07, 6.45) is 0. The molecule has 0 N–H and O–H groups in total. The van der Waals surface area contributed by atoms with E-state index in [1.807, 2.05) is 41.5 Å². The predicted octanol–water partition coefficient (Wildman–Crippen LogP) is 3.07. The Hall–Kier alpha value is -0.920. The molecule has 0 bridgehead atoms.